The molecule has 1 aromatic rings. The minimum absolute atomic E-state index is 0.00146. The highest BCUT2D eigenvalue weighted by Gasteiger charge is 2.35. The minimum atomic E-state index is -4.59. The molecule has 2 N–H and O–H groups in total. The smallest absolute Gasteiger partial charge is 0.323 e. The predicted octanol–water partition coefficient (Wildman–Crippen LogP) is 3.50. The molecular formula is C8H8F6N2S. The van der Waals surface area contributed by atoms with E-state index in [4.69, 9.17) is 5.73 Å². The third-order valence-electron chi connectivity index (χ3n) is 1.87. The summed E-state index contributed by atoms with van der Waals surface area (Å²) in [5.74, 6) is 0. The SMILES string of the molecule is NC(CCC(F)(F)F)c1cnc(C(F)(F)F)s1. The molecule has 17 heavy (non-hydrogen) atoms. The fourth-order valence-corrected chi connectivity index (χ4v) is 1.87. The van der Waals surface area contributed by atoms with Gasteiger partial charge in [0.15, 0.2) is 5.01 Å². The number of alkyl halides is 6. The molecule has 0 fully saturated rings. The predicted molar refractivity (Wildman–Crippen MR) is 49.3 cm³/mol. The van der Waals surface area contributed by atoms with Crippen molar-refractivity contribution in [3.8, 4) is 0 Å². The second-order valence-electron chi connectivity index (χ2n) is 3.33. The van der Waals surface area contributed by atoms with Crippen molar-refractivity contribution in [3.63, 3.8) is 0 Å². The Morgan fingerprint density at radius 2 is 1.82 bits per heavy atom. The zero-order valence-electron chi connectivity index (χ0n) is 8.27. The van der Waals surface area contributed by atoms with Gasteiger partial charge in [-0.15, -0.1) is 11.3 Å². The van der Waals surface area contributed by atoms with E-state index >= 15 is 0 Å². The van der Waals surface area contributed by atoms with Crippen molar-refractivity contribution in [2.75, 3.05) is 0 Å². The molecule has 0 aliphatic rings. The number of thiazole rings is 1. The Labute approximate surface area is 96.4 Å². The largest absolute Gasteiger partial charge is 0.443 e. The van der Waals surface area contributed by atoms with Crippen molar-refractivity contribution in [1.82, 2.24) is 4.98 Å². The minimum Gasteiger partial charge on any atom is -0.323 e. The molecule has 0 radical (unpaired) electrons. The van der Waals surface area contributed by atoms with Crippen LogP contribution in [0.2, 0.25) is 0 Å². The monoisotopic (exact) mass is 278 g/mol. The lowest BCUT2D eigenvalue weighted by atomic mass is 10.1. The van der Waals surface area contributed by atoms with Gasteiger partial charge in [-0.2, -0.15) is 26.3 Å². The third kappa shape index (κ3) is 4.50. The first-order valence-electron chi connectivity index (χ1n) is 4.45. The summed E-state index contributed by atoms with van der Waals surface area (Å²) < 4.78 is 72.1. The number of nitrogens with zero attached hydrogens (tertiary/aromatic N) is 1. The van der Waals surface area contributed by atoms with Gasteiger partial charge in [0.05, 0.1) is 0 Å². The topological polar surface area (TPSA) is 38.9 Å². The lowest BCUT2D eigenvalue weighted by Gasteiger charge is -2.10. The molecular weight excluding hydrogens is 270 g/mol. The summed E-state index contributed by atoms with van der Waals surface area (Å²) >= 11 is 0.270. The maximum Gasteiger partial charge on any atom is 0.443 e. The van der Waals surface area contributed by atoms with E-state index in [1.165, 1.54) is 0 Å². The summed E-state index contributed by atoms with van der Waals surface area (Å²) in [6.45, 7) is 0. The quantitative estimate of drug-likeness (QED) is 0.859. The van der Waals surface area contributed by atoms with E-state index in [0.717, 1.165) is 6.20 Å². The van der Waals surface area contributed by atoms with E-state index in [1.54, 1.807) is 0 Å². The number of aromatic nitrogens is 1. The van der Waals surface area contributed by atoms with Gasteiger partial charge in [-0.05, 0) is 6.42 Å². The van der Waals surface area contributed by atoms with Crippen LogP contribution in [-0.2, 0) is 6.18 Å². The number of halogens is 6. The molecule has 1 heterocycles. The van der Waals surface area contributed by atoms with E-state index in [9.17, 15) is 26.3 Å². The molecule has 0 spiro atoms. The molecule has 0 aliphatic carbocycles. The Morgan fingerprint density at radius 1 is 1.24 bits per heavy atom. The highest BCUT2D eigenvalue weighted by molar-refractivity contribution is 7.11. The molecule has 1 aromatic heterocycles. The van der Waals surface area contributed by atoms with E-state index in [-0.39, 0.29) is 16.2 Å². The van der Waals surface area contributed by atoms with Crippen LogP contribution >= 0.6 is 11.3 Å². The first kappa shape index (κ1) is 14.2. The molecule has 0 saturated heterocycles. The van der Waals surface area contributed by atoms with Gasteiger partial charge in [-0.3, -0.25) is 0 Å². The maximum atomic E-state index is 12.2. The molecule has 1 rings (SSSR count). The van der Waals surface area contributed by atoms with Gasteiger partial charge in [-0.25, -0.2) is 4.98 Å². The molecule has 1 unspecified atom stereocenters. The van der Waals surface area contributed by atoms with Crippen molar-refractivity contribution >= 4 is 11.3 Å². The van der Waals surface area contributed by atoms with Crippen molar-refractivity contribution in [2.24, 2.45) is 5.73 Å². The Kier molecular flexibility index (Phi) is 4.03. The van der Waals surface area contributed by atoms with E-state index in [0.29, 0.717) is 0 Å². The molecule has 1 atom stereocenters. The summed E-state index contributed by atoms with van der Waals surface area (Å²) in [6.07, 6.45) is -9.67. The van der Waals surface area contributed by atoms with E-state index in [2.05, 4.69) is 4.98 Å². The van der Waals surface area contributed by atoms with Gasteiger partial charge in [0.2, 0.25) is 0 Å². The number of rotatable bonds is 3. The average Bonchev–Trinajstić information content (AvgIpc) is 2.60. The van der Waals surface area contributed by atoms with Crippen LogP contribution < -0.4 is 5.73 Å². The number of hydrogen-bond acceptors (Lipinski definition) is 3. The van der Waals surface area contributed by atoms with Gasteiger partial charge >= 0.3 is 12.4 Å². The standard InChI is InChI=1S/C8H8F6N2S/c9-7(10,11)2-1-4(15)5-3-16-6(17-5)8(12,13)14/h3-4H,1-2,15H2. The van der Waals surface area contributed by atoms with Crippen LogP contribution in [-0.4, -0.2) is 11.2 Å². The molecule has 0 aliphatic heterocycles. The third-order valence-corrected chi connectivity index (χ3v) is 3.04. The van der Waals surface area contributed by atoms with E-state index in [1.807, 2.05) is 0 Å². The lowest BCUT2D eigenvalue weighted by molar-refractivity contribution is -0.138. The van der Waals surface area contributed by atoms with Crippen LogP contribution in [0.3, 0.4) is 0 Å². The van der Waals surface area contributed by atoms with Crippen LogP contribution in [0, 0.1) is 0 Å². The highest BCUT2D eigenvalue weighted by atomic mass is 32.1. The summed E-state index contributed by atoms with van der Waals surface area (Å²) in [5.41, 5.74) is 5.36. The summed E-state index contributed by atoms with van der Waals surface area (Å²) in [4.78, 5) is 3.09. The van der Waals surface area contributed by atoms with Gasteiger partial charge in [-0.1, -0.05) is 0 Å². The number of hydrogen-bond donors (Lipinski definition) is 1. The normalized spacial score (nSPS) is 15.0. The number of nitrogens with two attached hydrogens (primary N) is 1. The van der Waals surface area contributed by atoms with Crippen molar-refractivity contribution in [3.05, 3.63) is 16.1 Å². The van der Waals surface area contributed by atoms with Gasteiger partial charge in [0, 0.05) is 23.5 Å². The Hall–Kier alpha value is -0.830. The maximum absolute atomic E-state index is 12.2. The Bertz CT molecular complexity index is 369. The van der Waals surface area contributed by atoms with Gasteiger partial charge in [0.1, 0.15) is 0 Å². The fourth-order valence-electron chi connectivity index (χ4n) is 1.05. The summed E-state index contributed by atoms with van der Waals surface area (Å²) in [5, 5.41) is -1.10. The van der Waals surface area contributed by atoms with Gasteiger partial charge in [0.25, 0.3) is 0 Å². The zero-order chi connectivity index (χ0) is 13.3. The second kappa shape index (κ2) is 4.81. The first-order valence-corrected chi connectivity index (χ1v) is 5.26. The molecule has 9 heteroatoms. The zero-order valence-corrected chi connectivity index (χ0v) is 9.09. The molecule has 98 valence electrons. The van der Waals surface area contributed by atoms with Crippen LogP contribution in [0.4, 0.5) is 26.3 Å². The van der Waals surface area contributed by atoms with Crippen LogP contribution in [0.1, 0.15) is 28.8 Å². The van der Waals surface area contributed by atoms with Crippen molar-refractivity contribution < 1.29 is 26.3 Å². The molecule has 0 saturated carbocycles. The van der Waals surface area contributed by atoms with Crippen molar-refractivity contribution in [1.29, 1.82) is 0 Å². The van der Waals surface area contributed by atoms with Crippen LogP contribution in [0.15, 0.2) is 6.20 Å². The first-order chi connectivity index (χ1) is 7.59. The fraction of sp³-hybridized carbons (Fsp3) is 0.625. The molecule has 0 aromatic carbocycles. The highest BCUT2D eigenvalue weighted by Crippen LogP contribution is 2.35. The molecule has 0 bridgehead atoms. The summed E-state index contributed by atoms with van der Waals surface area (Å²) in [6, 6.07) is -1.08. The molecule has 0 amide bonds. The van der Waals surface area contributed by atoms with Crippen LogP contribution in [0.25, 0.3) is 0 Å². The second-order valence-corrected chi connectivity index (χ2v) is 4.39. The van der Waals surface area contributed by atoms with Crippen molar-refractivity contribution in [2.45, 2.75) is 31.2 Å². The average molecular weight is 278 g/mol. The van der Waals surface area contributed by atoms with E-state index < -0.39 is 36.2 Å². The Morgan fingerprint density at radius 3 is 2.24 bits per heavy atom. The Balaban J connectivity index is 2.64. The summed E-state index contributed by atoms with van der Waals surface area (Å²) in [7, 11) is 0. The van der Waals surface area contributed by atoms with Crippen LogP contribution in [0.5, 0.6) is 0 Å². The van der Waals surface area contributed by atoms with Gasteiger partial charge < -0.3 is 5.73 Å². The lowest BCUT2D eigenvalue weighted by Crippen LogP contribution is -2.14. The molecule has 2 nitrogen and oxygen atoms in total.